The second-order valence-electron chi connectivity index (χ2n) is 4.95. The standard InChI is InChI=1S/C13H27N3O2/c1-4-11-9-18-10(3)8-16(11)12(7-14)6-13(17)15-5-2/h10-12H,4-9,14H2,1-3H3,(H,15,17). The van der Waals surface area contributed by atoms with E-state index in [0.29, 0.717) is 25.6 Å². The van der Waals surface area contributed by atoms with Crippen LogP contribution >= 0.6 is 0 Å². The highest BCUT2D eigenvalue weighted by Gasteiger charge is 2.31. The fourth-order valence-electron chi connectivity index (χ4n) is 2.49. The monoisotopic (exact) mass is 257 g/mol. The van der Waals surface area contributed by atoms with Gasteiger partial charge in [-0.3, -0.25) is 9.69 Å². The lowest BCUT2D eigenvalue weighted by Crippen LogP contribution is -2.56. The first-order valence-corrected chi connectivity index (χ1v) is 6.96. The summed E-state index contributed by atoms with van der Waals surface area (Å²) in [6.07, 6.45) is 1.72. The highest BCUT2D eigenvalue weighted by atomic mass is 16.5. The van der Waals surface area contributed by atoms with Crippen LogP contribution in [0.5, 0.6) is 0 Å². The summed E-state index contributed by atoms with van der Waals surface area (Å²) in [5.41, 5.74) is 5.85. The van der Waals surface area contributed by atoms with Crippen LogP contribution in [0.3, 0.4) is 0 Å². The van der Waals surface area contributed by atoms with Crippen LogP contribution in [-0.2, 0) is 9.53 Å². The summed E-state index contributed by atoms with van der Waals surface area (Å²) in [5, 5.41) is 2.84. The molecular weight excluding hydrogens is 230 g/mol. The first-order valence-electron chi connectivity index (χ1n) is 6.96. The van der Waals surface area contributed by atoms with E-state index in [1.807, 2.05) is 6.92 Å². The number of ether oxygens (including phenoxy) is 1. The lowest BCUT2D eigenvalue weighted by molar-refractivity contribution is -0.124. The highest BCUT2D eigenvalue weighted by Crippen LogP contribution is 2.18. The zero-order valence-electron chi connectivity index (χ0n) is 11.8. The number of hydrogen-bond acceptors (Lipinski definition) is 4. The fraction of sp³-hybridized carbons (Fsp3) is 0.923. The second kappa shape index (κ2) is 7.71. The number of nitrogens with zero attached hydrogens (tertiary/aromatic N) is 1. The minimum Gasteiger partial charge on any atom is -0.376 e. The Hall–Kier alpha value is -0.650. The summed E-state index contributed by atoms with van der Waals surface area (Å²) in [4.78, 5) is 14.1. The van der Waals surface area contributed by atoms with Gasteiger partial charge in [0.25, 0.3) is 0 Å². The maximum atomic E-state index is 11.7. The molecule has 0 aromatic carbocycles. The Kier molecular flexibility index (Phi) is 6.60. The fourth-order valence-corrected chi connectivity index (χ4v) is 2.49. The lowest BCUT2D eigenvalue weighted by Gasteiger charge is -2.42. The largest absolute Gasteiger partial charge is 0.376 e. The number of morpholine rings is 1. The molecule has 0 aromatic heterocycles. The van der Waals surface area contributed by atoms with E-state index in [-0.39, 0.29) is 18.1 Å². The van der Waals surface area contributed by atoms with Gasteiger partial charge in [-0.15, -0.1) is 0 Å². The van der Waals surface area contributed by atoms with E-state index in [2.05, 4.69) is 24.1 Å². The van der Waals surface area contributed by atoms with E-state index in [0.717, 1.165) is 19.6 Å². The van der Waals surface area contributed by atoms with Crippen LogP contribution in [0.25, 0.3) is 0 Å². The molecule has 3 N–H and O–H groups in total. The van der Waals surface area contributed by atoms with Crippen molar-refractivity contribution in [3.05, 3.63) is 0 Å². The molecule has 3 unspecified atom stereocenters. The summed E-state index contributed by atoms with van der Waals surface area (Å²) >= 11 is 0. The van der Waals surface area contributed by atoms with Crippen molar-refractivity contribution >= 4 is 5.91 Å². The van der Waals surface area contributed by atoms with Crippen molar-refractivity contribution in [2.75, 3.05) is 26.2 Å². The molecule has 1 amide bonds. The average molecular weight is 257 g/mol. The summed E-state index contributed by atoms with van der Waals surface area (Å²) in [5.74, 6) is 0.0851. The number of amides is 1. The first-order chi connectivity index (χ1) is 8.62. The zero-order valence-corrected chi connectivity index (χ0v) is 11.8. The van der Waals surface area contributed by atoms with Crippen molar-refractivity contribution in [1.29, 1.82) is 0 Å². The van der Waals surface area contributed by atoms with Gasteiger partial charge in [0.15, 0.2) is 0 Å². The van der Waals surface area contributed by atoms with Crippen molar-refractivity contribution in [2.45, 2.75) is 51.8 Å². The van der Waals surface area contributed by atoms with Crippen LogP contribution in [-0.4, -0.2) is 55.2 Å². The molecule has 18 heavy (non-hydrogen) atoms. The topological polar surface area (TPSA) is 67.6 Å². The van der Waals surface area contributed by atoms with Crippen molar-refractivity contribution in [2.24, 2.45) is 5.73 Å². The Morgan fingerprint density at radius 2 is 2.28 bits per heavy atom. The van der Waals surface area contributed by atoms with Gasteiger partial charge < -0.3 is 15.8 Å². The molecule has 1 aliphatic heterocycles. The van der Waals surface area contributed by atoms with Gasteiger partial charge in [-0.2, -0.15) is 0 Å². The Bertz CT molecular complexity index is 261. The molecule has 0 aromatic rings. The molecule has 0 aliphatic carbocycles. The van der Waals surface area contributed by atoms with Crippen LogP contribution in [0, 0.1) is 0 Å². The third-order valence-electron chi connectivity index (χ3n) is 3.52. The van der Waals surface area contributed by atoms with Crippen LogP contribution in [0.1, 0.15) is 33.6 Å². The quantitative estimate of drug-likeness (QED) is 0.720. The van der Waals surface area contributed by atoms with Crippen molar-refractivity contribution in [1.82, 2.24) is 10.2 Å². The molecule has 0 saturated carbocycles. The van der Waals surface area contributed by atoms with E-state index < -0.39 is 0 Å². The predicted octanol–water partition coefficient (Wildman–Crippen LogP) is 0.339. The van der Waals surface area contributed by atoms with Gasteiger partial charge in [-0.25, -0.2) is 0 Å². The molecule has 1 rings (SSSR count). The van der Waals surface area contributed by atoms with Crippen LogP contribution in [0.15, 0.2) is 0 Å². The molecule has 5 heteroatoms. The van der Waals surface area contributed by atoms with Gasteiger partial charge in [0.05, 0.1) is 12.7 Å². The molecule has 1 fully saturated rings. The maximum absolute atomic E-state index is 11.7. The molecule has 1 saturated heterocycles. The van der Waals surface area contributed by atoms with E-state index in [9.17, 15) is 4.79 Å². The van der Waals surface area contributed by atoms with Crippen molar-refractivity contribution in [3.8, 4) is 0 Å². The SMILES string of the molecule is CCNC(=O)CC(CN)N1CC(C)OCC1CC. The van der Waals surface area contributed by atoms with Crippen molar-refractivity contribution < 1.29 is 9.53 Å². The molecule has 0 spiro atoms. The normalized spacial score (nSPS) is 26.9. The molecule has 1 heterocycles. The van der Waals surface area contributed by atoms with Gasteiger partial charge in [-0.05, 0) is 20.3 Å². The van der Waals surface area contributed by atoms with Crippen LogP contribution < -0.4 is 11.1 Å². The predicted molar refractivity (Wildman–Crippen MR) is 72.3 cm³/mol. The molecular formula is C13H27N3O2. The van der Waals surface area contributed by atoms with E-state index in [1.54, 1.807) is 0 Å². The average Bonchev–Trinajstić information content (AvgIpc) is 2.36. The third kappa shape index (κ3) is 4.23. The summed E-state index contributed by atoms with van der Waals surface area (Å²) in [6.45, 7) is 8.94. The Balaban J connectivity index is 2.62. The number of rotatable bonds is 6. The third-order valence-corrected chi connectivity index (χ3v) is 3.52. The number of nitrogens with one attached hydrogen (secondary N) is 1. The smallest absolute Gasteiger partial charge is 0.221 e. The summed E-state index contributed by atoms with van der Waals surface area (Å²) < 4.78 is 5.68. The van der Waals surface area contributed by atoms with Gasteiger partial charge in [0, 0.05) is 38.1 Å². The molecule has 3 atom stereocenters. The molecule has 5 nitrogen and oxygen atoms in total. The molecule has 106 valence electrons. The Morgan fingerprint density at radius 1 is 1.56 bits per heavy atom. The molecule has 0 bridgehead atoms. The van der Waals surface area contributed by atoms with E-state index in [4.69, 9.17) is 10.5 Å². The Morgan fingerprint density at radius 3 is 2.83 bits per heavy atom. The van der Waals surface area contributed by atoms with Crippen LogP contribution in [0.2, 0.25) is 0 Å². The number of nitrogens with two attached hydrogens (primary N) is 1. The molecule has 0 radical (unpaired) electrons. The minimum absolute atomic E-state index is 0.0851. The number of hydrogen-bond donors (Lipinski definition) is 2. The number of carbonyl (C=O) groups excluding carboxylic acids is 1. The van der Waals surface area contributed by atoms with E-state index >= 15 is 0 Å². The summed E-state index contributed by atoms with van der Waals surface area (Å²) in [7, 11) is 0. The minimum atomic E-state index is 0.0851. The van der Waals surface area contributed by atoms with Gasteiger partial charge in [0.2, 0.25) is 5.91 Å². The maximum Gasteiger partial charge on any atom is 0.221 e. The Labute approximate surface area is 110 Å². The van der Waals surface area contributed by atoms with Crippen molar-refractivity contribution in [3.63, 3.8) is 0 Å². The number of carbonyl (C=O) groups is 1. The van der Waals surface area contributed by atoms with Gasteiger partial charge in [-0.1, -0.05) is 6.92 Å². The van der Waals surface area contributed by atoms with Crippen LogP contribution in [0.4, 0.5) is 0 Å². The highest BCUT2D eigenvalue weighted by molar-refractivity contribution is 5.76. The molecule has 1 aliphatic rings. The van der Waals surface area contributed by atoms with Gasteiger partial charge in [0.1, 0.15) is 0 Å². The first kappa shape index (κ1) is 15.4. The second-order valence-corrected chi connectivity index (χ2v) is 4.95. The van der Waals surface area contributed by atoms with Gasteiger partial charge >= 0.3 is 0 Å². The zero-order chi connectivity index (χ0) is 13.5. The summed E-state index contributed by atoms with van der Waals surface area (Å²) in [6, 6.07) is 0.497. The van der Waals surface area contributed by atoms with E-state index in [1.165, 1.54) is 0 Å². The lowest BCUT2D eigenvalue weighted by atomic mass is 10.0.